The van der Waals surface area contributed by atoms with Crippen LogP contribution in [0.1, 0.15) is 23.9 Å². The SMILES string of the molecule is CCCNCCNC(=O)c1ccc(S(C)(=O)=O)o1.Cl. The summed E-state index contributed by atoms with van der Waals surface area (Å²) in [6.45, 7) is 4.09. The van der Waals surface area contributed by atoms with Crippen molar-refractivity contribution in [2.75, 3.05) is 25.9 Å². The lowest BCUT2D eigenvalue weighted by Crippen LogP contribution is -2.31. The van der Waals surface area contributed by atoms with Crippen molar-refractivity contribution in [1.82, 2.24) is 10.6 Å². The van der Waals surface area contributed by atoms with E-state index in [0.717, 1.165) is 19.2 Å². The van der Waals surface area contributed by atoms with Crippen LogP contribution in [0, 0.1) is 0 Å². The molecular formula is C11H19ClN2O4S. The smallest absolute Gasteiger partial charge is 0.287 e. The number of hydrogen-bond donors (Lipinski definition) is 2. The molecule has 1 aromatic rings. The lowest BCUT2D eigenvalue weighted by Gasteiger charge is -2.04. The highest BCUT2D eigenvalue weighted by molar-refractivity contribution is 7.90. The highest BCUT2D eigenvalue weighted by Crippen LogP contribution is 2.13. The molecule has 0 saturated heterocycles. The van der Waals surface area contributed by atoms with Crippen LogP contribution < -0.4 is 10.6 Å². The first-order valence-electron chi connectivity index (χ1n) is 5.74. The second kappa shape index (κ2) is 8.19. The Kier molecular flexibility index (Phi) is 7.73. The predicted molar refractivity (Wildman–Crippen MR) is 74.6 cm³/mol. The third-order valence-electron chi connectivity index (χ3n) is 2.18. The van der Waals surface area contributed by atoms with E-state index < -0.39 is 15.7 Å². The van der Waals surface area contributed by atoms with Crippen LogP contribution in [0.4, 0.5) is 0 Å². The van der Waals surface area contributed by atoms with Crippen molar-refractivity contribution >= 4 is 28.2 Å². The molecule has 1 rings (SSSR count). The number of nitrogens with one attached hydrogen (secondary N) is 2. The van der Waals surface area contributed by atoms with Crippen LogP contribution >= 0.6 is 12.4 Å². The van der Waals surface area contributed by atoms with Gasteiger partial charge in [-0.2, -0.15) is 0 Å². The van der Waals surface area contributed by atoms with Gasteiger partial charge in [0.1, 0.15) is 0 Å². The molecule has 6 nitrogen and oxygen atoms in total. The molecule has 8 heteroatoms. The minimum atomic E-state index is -3.41. The number of carbonyl (C=O) groups excluding carboxylic acids is 1. The maximum atomic E-state index is 11.6. The third-order valence-corrected chi connectivity index (χ3v) is 3.14. The van der Waals surface area contributed by atoms with Crippen molar-refractivity contribution in [3.63, 3.8) is 0 Å². The summed E-state index contributed by atoms with van der Waals surface area (Å²) in [6.07, 6.45) is 2.06. The zero-order chi connectivity index (χ0) is 13.6. The first-order valence-corrected chi connectivity index (χ1v) is 7.63. The molecule has 0 aliphatic rings. The summed E-state index contributed by atoms with van der Waals surface area (Å²) in [4.78, 5) is 11.6. The summed E-state index contributed by atoms with van der Waals surface area (Å²) >= 11 is 0. The molecular weight excluding hydrogens is 292 g/mol. The van der Waals surface area contributed by atoms with Crippen LogP contribution in [0.3, 0.4) is 0 Å². The van der Waals surface area contributed by atoms with Crippen LogP contribution in [-0.4, -0.2) is 40.2 Å². The molecule has 1 heterocycles. The summed E-state index contributed by atoms with van der Waals surface area (Å²) in [7, 11) is -3.41. The number of amides is 1. The number of carbonyl (C=O) groups is 1. The van der Waals surface area contributed by atoms with Gasteiger partial charge in [-0.15, -0.1) is 12.4 Å². The topological polar surface area (TPSA) is 88.4 Å². The van der Waals surface area contributed by atoms with E-state index in [9.17, 15) is 13.2 Å². The molecule has 0 aliphatic heterocycles. The minimum absolute atomic E-state index is 0. The van der Waals surface area contributed by atoms with E-state index in [-0.39, 0.29) is 23.3 Å². The first-order chi connectivity index (χ1) is 8.45. The Morgan fingerprint density at radius 1 is 1.26 bits per heavy atom. The molecule has 2 N–H and O–H groups in total. The Bertz CT molecular complexity index is 499. The van der Waals surface area contributed by atoms with E-state index in [4.69, 9.17) is 4.42 Å². The largest absolute Gasteiger partial charge is 0.440 e. The van der Waals surface area contributed by atoms with Crippen molar-refractivity contribution in [1.29, 1.82) is 0 Å². The monoisotopic (exact) mass is 310 g/mol. The quantitative estimate of drug-likeness (QED) is 0.728. The molecule has 0 radical (unpaired) electrons. The van der Waals surface area contributed by atoms with E-state index >= 15 is 0 Å². The molecule has 0 aliphatic carbocycles. The van der Waals surface area contributed by atoms with Crippen molar-refractivity contribution in [2.24, 2.45) is 0 Å². The van der Waals surface area contributed by atoms with Gasteiger partial charge < -0.3 is 15.1 Å². The maximum absolute atomic E-state index is 11.6. The fourth-order valence-electron chi connectivity index (χ4n) is 1.29. The molecule has 0 fully saturated rings. The van der Waals surface area contributed by atoms with Gasteiger partial charge in [0, 0.05) is 19.3 Å². The van der Waals surface area contributed by atoms with Gasteiger partial charge in [-0.05, 0) is 25.1 Å². The van der Waals surface area contributed by atoms with Crippen molar-refractivity contribution < 1.29 is 17.6 Å². The van der Waals surface area contributed by atoms with E-state index in [1.54, 1.807) is 0 Å². The predicted octanol–water partition coefficient (Wildman–Crippen LogP) is 0.834. The number of furan rings is 1. The molecule has 110 valence electrons. The molecule has 0 unspecified atom stereocenters. The highest BCUT2D eigenvalue weighted by atomic mass is 35.5. The maximum Gasteiger partial charge on any atom is 0.287 e. The Hall–Kier alpha value is -1.05. The normalized spacial score (nSPS) is 10.8. The van der Waals surface area contributed by atoms with Gasteiger partial charge in [0.05, 0.1) is 0 Å². The van der Waals surface area contributed by atoms with E-state index in [1.807, 2.05) is 0 Å². The summed E-state index contributed by atoms with van der Waals surface area (Å²) in [6, 6.07) is 2.63. The van der Waals surface area contributed by atoms with Gasteiger partial charge in [0.25, 0.3) is 5.91 Å². The Morgan fingerprint density at radius 3 is 2.47 bits per heavy atom. The summed E-state index contributed by atoms with van der Waals surface area (Å²) in [5.74, 6) is -0.408. The zero-order valence-electron chi connectivity index (χ0n) is 10.9. The molecule has 0 saturated carbocycles. The fourth-order valence-corrected chi connectivity index (χ4v) is 1.85. The van der Waals surface area contributed by atoms with E-state index in [1.165, 1.54) is 12.1 Å². The van der Waals surface area contributed by atoms with Gasteiger partial charge in [0.2, 0.25) is 14.9 Å². The number of halogens is 1. The van der Waals surface area contributed by atoms with Crippen LogP contribution in [0.15, 0.2) is 21.6 Å². The second-order valence-electron chi connectivity index (χ2n) is 3.90. The molecule has 1 amide bonds. The minimum Gasteiger partial charge on any atom is -0.440 e. The van der Waals surface area contributed by atoms with Crippen LogP contribution in [0.25, 0.3) is 0 Å². The zero-order valence-corrected chi connectivity index (χ0v) is 12.6. The fraction of sp³-hybridized carbons (Fsp3) is 0.545. The molecule has 0 aromatic carbocycles. The molecule has 0 bridgehead atoms. The van der Waals surface area contributed by atoms with Crippen LogP contribution in [0.5, 0.6) is 0 Å². The van der Waals surface area contributed by atoms with Crippen molar-refractivity contribution in [3.8, 4) is 0 Å². The van der Waals surface area contributed by atoms with Crippen LogP contribution in [-0.2, 0) is 9.84 Å². The van der Waals surface area contributed by atoms with Crippen LogP contribution in [0.2, 0.25) is 0 Å². The molecule has 0 atom stereocenters. The first kappa shape index (κ1) is 17.9. The van der Waals surface area contributed by atoms with E-state index in [0.29, 0.717) is 13.1 Å². The van der Waals surface area contributed by atoms with Crippen molar-refractivity contribution in [3.05, 3.63) is 17.9 Å². The lowest BCUT2D eigenvalue weighted by atomic mass is 10.4. The Balaban J connectivity index is 0.00000324. The van der Waals surface area contributed by atoms with Gasteiger partial charge in [0.15, 0.2) is 5.76 Å². The Labute approximate surface area is 119 Å². The second-order valence-corrected chi connectivity index (χ2v) is 5.84. The summed E-state index contributed by atoms with van der Waals surface area (Å²) in [5, 5.41) is 5.57. The van der Waals surface area contributed by atoms with Gasteiger partial charge in [-0.3, -0.25) is 4.79 Å². The molecule has 1 aromatic heterocycles. The van der Waals surface area contributed by atoms with Crippen molar-refractivity contribution in [2.45, 2.75) is 18.4 Å². The molecule has 19 heavy (non-hydrogen) atoms. The summed E-state index contributed by atoms with van der Waals surface area (Å²) < 4.78 is 27.3. The number of sulfone groups is 1. The Morgan fingerprint density at radius 2 is 1.95 bits per heavy atom. The molecule has 0 spiro atoms. The van der Waals surface area contributed by atoms with Gasteiger partial charge in [-0.25, -0.2) is 8.42 Å². The summed E-state index contributed by atoms with van der Waals surface area (Å²) in [5.41, 5.74) is 0. The number of hydrogen-bond acceptors (Lipinski definition) is 5. The van der Waals surface area contributed by atoms with E-state index in [2.05, 4.69) is 17.6 Å². The number of rotatable bonds is 7. The van der Waals surface area contributed by atoms with Gasteiger partial charge >= 0.3 is 0 Å². The average molecular weight is 311 g/mol. The highest BCUT2D eigenvalue weighted by Gasteiger charge is 2.16. The average Bonchev–Trinajstić information content (AvgIpc) is 2.77. The lowest BCUT2D eigenvalue weighted by molar-refractivity contribution is 0.0921. The third kappa shape index (κ3) is 6.09. The standard InChI is InChI=1S/C11H18N2O4S.ClH/c1-3-6-12-7-8-13-11(14)9-4-5-10(17-9)18(2,15)16;/h4-5,12H,3,6-8H2,1-2H3,(H,13,14);1H. The van der Waals surface area contributed by atoms with Gasteiger partial charge in [-0.1, -0.05) is 6.92 Å².